The molecular weight excluding hydrogens is 434 g/mol. The molecule has 8 heteroatoms. The second-order valence-electron chi connectivity index (χ2n) is 7.96. The number of rotatable bonds is 5. The normalized spacial score (nSPS) is 13.4. The number of thiophene rings is 1. The number of fused-ring (bicyclic) bond motifs is 2. The lowest BCUT2D eigenvalue weighted by Gasteiger charge is -2.30. The fraction of sp³-hybridized carbons (Fsp3) is 0.200. The quantitative estimate of drug-likeness (QED) is 0.464. The molecule has 0 spiro atoms. The molecule has 1 N–H and O–H groups in total. The van der Waals surface area contributed by atoms with Crippen LogP contribution in [0, 0.1) is 6.92 Å². The first-order chi connectivity index (χ1) is 16.1. The second kappa shape index (κ2) is 8.99. The topological polar surface area (TPSA) is 79.6 Å². The summed E-state index contributed by atoms with van der Waals surface area (Å²) in [6.07, 6.45) is 9.58. The van der Waals surface area contributed by atoms with Crippen molar-refractivity contribution in [3.63, 3.8) is 0 Å². The van der Waals surface area contributed by atoms with E-state index in [4.69, 9.17) is 0 Å². The average Bonchev–Trinajstić information content (AvgIpc) is 3.51. The van der Waals surface area contributed by atoms with Crippen molar-refractivity contribution in [2.45, 2.75) is 26.4 Å². The van der Waals surface area contributed by atoms with Crippen molar-refractivity contribution in [2.24, 2.45) is 0 Å². The fourth-order valence-corrected chi connectivity index (χ4v) is 4.73. The van der Waals surface area contributed by atoms with Gasteiger partial charge in [-0.05, 0) is 59.7 Å². The van der Waals surface area contributed by atoms with Crippen LogP contribution < -0.4 is 5.32 Å². The molecule has 0 saturated carbocycles. The summed E-state index contributed by atoms with van der Waals surface area (Å²) in [4.78, 5) is 37.2. The lowest BCUT2D eigenvalue weighted by molar-refractivity contribution is -0.116. The Kier molecular flexibility index (Phi) is 5.75. The van der Waals surface area contributed by atoms with E-state index in [2.05, 4.69) is 15.3 Å². The van der Waals surface area contributed by atoms with Gasteiger partial charge in [0.05, 0.1) is 0 Å². The maximum atomic E-state index is 13.1. The van der Waals surface area contributed by atoms with Crippen LogP contribution in [0.3, 0.4) is 0 Å². The number of pyridine rings is 2. The summed E-state index contributed by atoms with van der Waals surface area (Å²) in [5.74, 6) is -0.224. The number of nitrogens with zero attached hydrogens (tertiary/aromatic N) is 4. The summed E-state index contributed by atoms with van der Waals surface area (Å²) >= 11 is 1.59. The molecule has 0 atom stereocenters. The monoisotopic (exact) mass is 457 g/mol. The predicted molar refractivity (Wildman–Crippen MR) is 128 cm³/mol. The molecule has 1 aliphatic heterocycles. The maximum absolute atomic E-state index is 13.1. The van der Waals surface area contributed by atoms with E-state index in [1.807, 2.05) is 70.4 Å². The Bertz CT molecular complexity index is 1320. The highest BCUT2D eigenvalue weighted by atomic mass is 32.1. The van der Waals surface area contributed by atoms with Crippen LogP contribution >= 0.6 is 11.3 Å². The van der Waals surface area contributed by atoms with Crippen molar-refractivity contribution in [3.8, 4) is 0 Å². The van der Waals surface area contributed by atoms with Gasteiger partial charge in [-0.3, -0.25) is 14.6 Å². The van der Waals surface area contributed by atoms with Crippen LogP contribution in [0.1, 0.15) is 37.7 Å². The third kappa shape index (κ3) is 4.42. The van der Waals surface area contributed by atoms with Gasteiger partial charge in [0, 0.05) is 54.9 Å². The highest BCUT2D eigenvalue weighted by Gasteiger charge is 2.26. The Balaban J connectivity index is 1.29. The van der Waals surface area contributed by atoms with Crippen LogP contribution in [-0.4, -0.2) is 37.6 Å². The summed E-state index contributed by atoms with van der Waals surface area (Å²) < 4.78 is 1.85. The Morgan fingerprint density at radius 1 is 1.24 bits per heavy atom. The lowest BCUT2D eigenvalue weighted by atomic mass is 9.94. The van der Waals surface area contributed by atoms with Crippen molar-refractivity contribution >= 4 is 34.9 Å². The molecule has 166 valence electrons. The minimum atomic E-state index is -0.139. The van der Waals surface area contributed by atoms with Crippen LogP contribution in [0.4, 0.5) is 0 Å². The van der Waals surface area contributed by atoms with Crippen molar-refractivity contribution in [1.82, 2.24) is 24.6 Å². The number of carbonyl (C=O) groups excluding carboxylic acids is 2. The summed E-state index contributed by atoms with van der Waals surface area (Å²) in [5.41, 5.74) is 5.31. The molecule has 0 aliphatic carbocycles. The van der Waals surface area contributed by atoms with Crippen molar-refractivity contribution < 1.29 is 9.59 Å². The number of hydrogen-bond donors (Lipinski definition) is 1. The van der Waals surface area contributed by atoms with Crippen LogP contribution in [0.15, 0.2) is 60.4 Å². The van der Waals surface area contributed by atoms with E-state index in [9.17, 15) is 9.59 Å². The fourth-order valence-electron chi connectivity index (χ4n) is 4.11. The van der Waals surface area contributed by atoms with E-state index in [-0.39, 0.29) is 11.8 Å². The highest BCUT2D eigenvalue weighted by Crippen LogP contribution is 2.25. The van der Waals surface area contributed by atoms with Gasteiger partial charge in [0.25, 0.3) is 5.91 Å². The molecule has 0 fully saturated rings. The molecule has 7 nitrogen and oxygen atoms in total. The van der Waals surface area contributed by atoms with E-state index < -0.39 is 0 Å². The molecule has 5 heterocycles. The molecule has 0 unspecified atom stereocenters. The van der Waals surface area contributed by atoms with Gasteiger partial charge in [0.1, 0.15) is 11.3 Å². The number of aromatic nitrogens is 3. The van der Waals surface area contributed by atoms with E-state index in [1.54, 1.807) is 23.6 Å². The number of hydrogen-bond acceptors (Lipinski definition) is 5. The second-order valence-corrected chi connectivity index (χ2v) is 8.94. The summed E-state index contributed by atoms with van der Waals surface area (Å²) in [7, 11) is 0. The Hall–Kier alpha value is -3.78. The van der Waals surface area contributed by atoms with Gasteiger partial charge in [0.2, 0.25) is 5.91 Å². The minimum Gasteiger partial charge on any atom is -0.348 e. The Morgan fingerprint density at radius 2 is 2.15 bits per heavy atom. The number of nitrogens with one attached hydrogen (secondary N) is 1. The van der Waals surface area contributed by atoms with Gasteiger partial charge < -0.3 is 14.6 Å². The first-order valence-corrected chi connectivity index (χ1v) is 11.6. The van der Waals surface area contributed by atoms with Gasteiger partial charge in [-0.25, -0.2) is 4.98 Å². The molecule has 0 saturated heterocycles. The van der Waals surface area contributed by atoms with Crippen LogP contribution in [0.25, 0.3) is 11.7 Å². The first kappa shape index (κ1) is 21.1. The zero-order valence-electron chi connectivity index (χ0n) is 18.2. The van der Waals surface area contributed by atoms with Crippen LogP contribution in [0.2, 0.25) is 0 Å². The highest BCUT2D eigenvalue weighted by molar-refractivity contribution is 7.10. The third-order valence-electron chi connectivity index (χ3n) is 5.85. The number of amides is 2. The third-order valence-corrected chi connectivity index (χ3v) is 6.69. The van der Waals surface area contributed by atoms with Gasteiger partial charge in [0.15, 0.2) is 0 Å². The molecule has 5 rings (SSSR count). The molecule has 0 bridgehead atoms. The van der Waals surface area contributed by atoms with E-state index in [1.165, 1.54) is 5.56 Å². The van der Waals surface area contributed by atoms with Crippen LogP contribution in [-0.2, 0) is 24.3 Å². The Morgan fingerprint density at radius 3 is 2.97 bits per heavy atom. The molecule has 0 radical (unpaired) electrons. The van der Waals surface area contributed by atoms with Gasteiger partial charge in [-0.2, -0.15) is 0 Å². The van der Waals surface area contributed by atoms with E-state index in [0.717, 1.165) is 27.3 Å². The number of aryl methyl sites for hydroxylation is 1. The molecule has 1 aliphatic rings. The van der Waals surface area contributed by atoms with E-state index in [0.29, 0.717) is 31.7 Å². The standard InChI is InChI=1S/C25H23N5O2S/c1-17-21(14-27-24(31)8-7-19-5-4-12-33-19)20-9-11-30(15-18(20)13-26-17)25(32)22-16-29-10-3-2-6-23(29)28-22/h2-8,10,12-13,16H,9,11,14-15H2,1H3,(H,27,31)/b8-7+. The predicted octanol–water partition coefficient (Wildman–Crippen LogP) is 3.63. The average molecular weight is 458 g/mol. The zero-order valence-corrected chi connectivity index (χ0v) is 19.0. The maximum Gasteiger partial charge on any atom is 0.274 e. The smallest absolute Gasteiger partial charge is 0.274 e. The largest absolute Gasteiger partial charge is 0.348 e. The van der Waals surface area contributed by atoms with Gasteiger partial charge in [-0.15, -0.1) is 11.3 Å². The Labute approximate surface area is 195 Å². The molecule has 33 heavy (non-hydrogen) atoms. The molecule has 0 aromatic carbocycles. The summed E-state index contributed by atoms with van der Waals surface area (Å²) in [5, 5.41) is 4.95. The zero-order chi connectivity index (χ0) is 22.8. The van der Waals surface area contributed by atoms with Gasteiger partial charge in [-0.1, -0.05) is 12.1 Å². The number of imidazole rings is 1. The first-order valence-electron chi connectivity index (χ1n) is 10.8. The van der Waals surface area contributed by atoms with Crippen molar-refractivity contribution in [1.29, 1.82) is 0 Å². The molecule has 4 aromatic heterocycles. The molecule has 2 amide bonds. The summed E-state index contributed by atoms with van der Waals surface area (Å²) in [6, 6.07) is 9.61. The molecular formula is C25H23N5O2S. The van der Waals surface area contributed by atoms with E-state index >= 15 is 0 Å². The number of carbonyl (C=O) groups is 2. The van der Waals surface area contributed by atoms with Gasteiger partial charge >= 0.3 is 0 Å². The minimum absolute atomic E-state index is 0.0847. The van der Waals surface area contributed by atoms with Crippen LogP contribution in [0.5, 0.6) is 0 Å². The van der Waals surface area contributed by atoms with Crippen molar-refractivity contribution in [2.75, 3.05) is 6.54 Å². The van der Waals surface area contributed by atoms with Crippen molar-refractivity contribution in [3.05, 3.63) is 93.3 Å². The SMILES string of the molecule is Cc1ncc2c(c1CNC(=O)/C=C/c1cccs1)CCN(C(=O)c1cn3ccccc3n1)C2. The summed E-state index contributed by atoms with van der Waals surface area (Å²) in [6.45, 7) is 3.45. The molecule has 4 aromatic rings. The lowest BCUT2D eigenvalue weighted by Crippen LogP contribution is -2.37.